The Kier molecular flexibility index (Phi) is 7.15. The van der Waals surface area contributed by atoms with Gasteiger partial charge in [-0.05, 0) is 37.1 Å². The summed E-state index contributed by atoms with van der Waals surface area (Å²) >= 11 is 0. The van der Waals surface area contributed by atoms with E-state index in [2.05, 4.69) is 0 Å². The third kappa shape index (κ3) is 5.02. The molecule has 0 saturated heterocycles. The van der Waals surface area contributed by atoms with E-state index < -0.39 is 11.9 Å². The van der Waals surface area contributed by atoms with E-state index in [1.807, 2.05) is 0 Å². The average molecular weight is 414 g/mol. The highest BCUT2D eigenvalue weighted by Crippen LogP contribution is 2.28. The van der Waals surface area contributed by atoms with Crippen LogP contribution < -0.4 is 9.47 Å². The molecule has 0 amide bonds. The van der Waals surface area contributed by atoms with Crippen molar-refractivity contribution in [2.24, 2.45) is 0 Å². The summed E-state index contributed by atoms with van der Waals surface area (Å²) in [6, 6.07) is 13.3. The molecule has 0 aliphatic heterocycles. The Hall–Kier alpha value is -3.68. The van der Waals surface area contributed by atoms with Crippen molar-refractivity contribution in [3.05, 3.63) is 71.2 Å². The molecule has 0 saturated carbocycles. The molecule has 1 aliphatic rings. The lowest BCUT2D eigenvalue weighted by Crippen LogP contribution is -2.14. The summed E-state index contributed by atoms with van der Waals surface area (Å²) < 4.78 is 10.3. The third-order valence-corrected chi connectivity index (χ3v) is 4.46. The molecular weight excluding hydrogens is 392 g/mol. The van der Waals surface area contributed by atoms with E-state index in [-0.39, 0.29) is 22.6 Å². The fourth-order valence-corrected chi connectivity index (χ4v) is 2.92. The van der Waals surface area contributed by atoms with E-state index in [0.29, 0.717) is 24.3 Å². The maximum absolute atomic E-state index is 12.3. The summed E-state index contributed by atoms with van der Waals surface area (Å²) in [4.78, 5) is 45.0. The summed E-state index contributed by atoms with van der Waals surface area (Å²) in [6.45, 7) is 0. The molecule has 0 spiro atoms. The predicted octanol–water partition coefficient (Wildman–Crippen LogP) is 4.37. The number of ether oxygens (including phenoxy) is 2. The van der Waals surface area contributed by atoms with Crippen molar-refractivity contribution in [2.45, 2.75) is 25.7 Å². The molecule has 0 aromatic heterocycles. The van der Waals surface area contributed by atoms with Crippen LogP contribution in [-0.4, -0.2) is 26.2 Å². The number of methoxy groups -OCH3 is 2. The standard InChI is InChI=1S/C22H22O8/c1-25-17-11-5-3-9-15(17)21(23)29-27-19-13-7-8-14-20(19)28-30-22(24)16-10-4-6-12-18(16)26-2/h3-6,9-12H,7-8,13-14H2,1-2H3. The summed E-state index contributed by atoms with van der Waals surface area (Å²) in [5.41, 5.74) is 0.447. The summed E-state index contributed by atoms with van der Waals surface area (Å²) in [7, 11) is 2.91. The first-order valence-corrected chi connectivity index (χ1v) is 9.39. The van der Waals surface area contributed by atoms with Gasteiger partial charge in [0.15, 0.2) is 11.5 Å². The summed E-state index contributed by atoms with van der Waals surface area (Å²) in [5, 5.41) is 0. The molecule has 0 N–H and O–H groups in total. The van der Waals surface area contributed by atoms with Gasteiger partial charge in [-0.1, -0.05) is 24.3 Å². The Bertz CT molecular complexity index is 859. The lowest BCUT2D eigenvalue weighted by molar-refractivity contribution is -0.239. The zero-order valence-electron chi connectivity index (χ0n) is 16.7. The molecule has 0 heterocycles. The minimum Gasteiger partial charge on any atom is -0.496 e. The quantitative estimate of drug-likeness (QED) is 0.465. The van der Waals surface area contributed by atoms with E-state index in [0.717, 1.165) is 12.8 Å². The zero-order valence-corrected chi connectivity index (χ0v) is 16.7. The van der Waals surface area contributed by atoms with Gasteiger partial charge in [-0.2, -0.15) is 0 Å². The molecule has 0 radical (unpaired) electrons. The Morgan fingerprint density at radius 3 is 1.47 bits per heavy atom. The maximum Gasteiger partial charge on any atom is 0.389 e. The Morgan fingerprint density at radius 1 is 0.667 bits per heavy atom. The van der Waals surface area contributed by atoms with Gasteiger partial charge < -0.3 is 9.47 Å². The van der Waals surface area contributed by atoms with Crippen molar-refractivity contribution in [1.29, 1.82) is 0 Å². The van der Waals surface area contributed by atoms with Crippen molar-refractivity contribution in [1.82, 2.24) is 0 Å². The first kappa shape index (κ1) is 21.0. The number of carbonyl (C=O) groups excluding carboxylic acids is 2. The van der Waals surface area contributed by atoms with Crippen molar-refractivity contribution in [3.8, 4) is 11.5 Å². The topological polar surface area (TPSA) is 89.5 Å². The number of benzene rings is 2. The molecule has 30 heavy (non-hydrogen) atoms. The van der Waals surface area contributed by atoms with Crippen LogP contribution in [0.2, 0.25) is 0 Å². The second-order valence-electron chi connectivity index (χ2n) is 6.36. The fraction of sp³-hybridized carbons (Fsp3) is 0.273. The molecule has 2 aromatic rings. The van der Waals surface area contributed by atoms with Crippen molar-refractivity contribution in [2.75, 3.05) is 14.2 Å². The van der Waals surface area contributed by atoms with Gasteiger partial charge in [-0.25, -0.2) is 19.4 Å². The number of rotatable bonds is 8. The van der Waals surface area contributed by atoms with Gasteiger partial charge in [0.05, 0.1) is 14.2 Å². The number of para-hydroxylation sites is 2. The molecular formula is C22H22O8. The largest absolute Gasteiger partial charge is 0.496 e. The van der Waals surface area contributed by atoms with E-state index in [1.165, 1.54) is 14.2 Å². The van der Waals surface area contributed by atoms with Gasteiger partial charge in [-0.15, -0.1) is 0 Å². The second-order valence-corrected chi connectivity index (χ2v) is 6.36. The van der Waals surface area contributed by atoms with Gasteiger partial charge >= 0.3 is 11.9 Å². The van der Waals surface area contributed by atoms with Crippen molar-refractivity contribution < 1.29 is 38.6 Å². The van der Waals surface area contributed by atoms with Crippen LogP contribution in [0.15, 0.2) is 60.0 Å². The van der Waals surface area contributed by atoms with Crippen molar-refractivity contribution >= 4 is 11.9 Å². The molecule has 3 rings (SSSR count). The first-order chi connectivity index (χ1) is 14.6. The second kappa shape index (κ2) is 10.2. The molecule has 0 unspecified atom stereocenters. The third-order valence-electron chi connectivity index (χ3n) is 4.46. The van der Waals surface area contributed by atoms with Gasteiger partial charge in [-0.3, -0.25) is 9.78 Å². The molecule has 1 aliphatic carbocycles. The molecule has 8 nitrogen and oxygen atoms in total. The van der Waals surface area contributed by atoms with E-state index in [9.17, 15) is 9.59 Å². The Morgan fingerprint density at radius 2 is 1.07 bits per heavy atom. The lowest BCUT2D eigenvalue weighted by Gasteiger charge is -2.18. The molecule has 0 atom stereocenters. The highest BCUT2D eigenvalue weighted by molar-refractivity contribution is 5.92. The predicted molar refractivity (Wildman–Crippen MR) is 104 cm³/mol. The number of carbonyl (C=O) groups is 2. The smallest absolute Gasteiger partial charge is 0.389 e. The molecule has 158 valence electrons. The van der Waals surface area contributed by atoms with E-state index in [1.54, 1.807) is 48.5 Å². The Labute approximate surface area is 173 Å². The minimum absolute atomic E-state index is 0.224. The minimum atomic E-state index is -0.712. The SMILES string of the molecule is COc1ccccc1C(=O)OOC1=C(OOC(=O)c2ccccc2OC)CCCC1. The van der Waals surface area contributed by atoms with Crippen LogP contribution >= 0.6 is 0 Å². The molecule has 0 bridgehead atoms. The molecule has 2 aromatic carbocycles. The monoisotopic (exact) mass is 414 g/mol. The van der Waals surface area contributed by atoms with Crippen LogP contribution in [0.4, 0.5) is 0 Å². The normalized spacial score (nSPS) is 13.3. The van der Waals surface area contributed by atoms with Crippen LogP contribution in [0.5, 0.6) is 11.5 Å². The van der Waals surface area contributed by atoms with Crippen LogP contribution in [-0.2, 0) is 19.6 Å². The van der Waals surface area contributed by atoms with E-state index >= 15 is 0 Å². The van der Waals surface area contributed by atoms with Gasteiger partial charge in [0.2, 0.25) is 0 Å². The maximum atomic E-state index is 12.3. The average Bonchev–Trinajstić information content (AvgIpc) is 2.81. The van der Waals surface area contributed by atoms with Gasteiger partial charge in [0, 0.05) is 12.8 Å². The van der Waals surface area contributed by atoms with E-state index in [4.69, 9.17) is 29.0 Å². The van der Waals surface area contributed by atoms with Crippen LogP contribution in [0, 0.1) is 0 Å². The highest BCUT2D eigenvalue weighted by Gasteiger charge is 2.23. The zero-order chi connectivity index (χ0) is 21.3. The van der Waals surface area contributed by atoms with Crippen LogP contribution in [0.1, 0.15) is 46.4 Å². The van der Waals surface area contributed by atoms with Crippen molar-refractivity contribution in [3.63, 3.8) is 0 Å². The van der Waals surface area contributed by atoms with Crippen LogP contribution in [0.3, 0.4) is 0 Å². The highest BCUT2D eigenvalue weighted by atomic mass is 17.2. The van der Waals surface area contributed by atoms with Crippen LogP contribution in [0.25, 0.3) is 0 Å². The summed E-state index contributed by atoms with van der Waals surface area (Å²) in [6.07, 6.45) is 2.57. The Balaban J connectivity index is 1.65. The lowest BCUT2D eigenvalue weighted by atomic mass is 10.0. The van der Waals surface area contributed by atoms with Gasteiger partial charge in [0.25, 0.3) is 0 Å². The number of hydrogen-bond acceptors (Lipinski definition) is 8. The first-order valence-electron chi connectivity index (χ1n) is 9.39. The molecule has 0 fully saturated rings. The number of hydrogen-bond donors (Lipinski definition) is 0. The van der Waals surface area contributed by atoms with Gasteiger partial charge in [0.1, 0.15) is 22.6 Å². The number of allylic oxidation sites excluding steroid dienone is 2. The summed E-state index contributed by atoms with van der Waals surface area (Å²) in [5.74, 6) is -0.113. The fourth-order valence-electron chi connectivity index (χ4n) is 2.92. The molecule has 8 heteroatoms.